The van der Waals surface area contributed by atoms with Gasteiger partial charge in [0.05, 0.1) is 29.7 Å². The van der Waals surface area contributed by atoms with E-state index in [0.717, 1.165) is 5.56 Å². The van der Waals surface area contributed by atoms with Gasteiger partial charge in [0.2, 0.25) is 5.91 Å². The lowest BCUT2D eigenvalue weighted by Gasteiger charge is -2.33. The molecular formula is C29H37N3O7. The van der Waals surface area contributed by atoms with Crippen LogP contribution in [0.3, 0.4) is 0 Å². The molecular weight excluding hydrogens is 502 g/mol. The third kappa shape index (κ3) is 7.79. The molecule has 3 amide bonds. The molecule has 2 aromatic rings. The second kappa shape index (κ2) is 13.2. The number of aliphatic hydroxyl groups excluding tert-OH is 1. The van der Waals surface area contributed by atoms with Crippen LogP contribution in [0, 0.1) is 11.8 Å². The van der Waals surface area contributed by atoms with Crippen LogP contribution in [0.1, 0.15) is 50.0 Å². The summed E-state index contributed by atoms with van der Waals surface area (Å²) in [5.74, 6) is -4.10. The van der Waals surface area contributed by atoms with Crippen molar-refractivity contribution in [3.8, 4) is 5.75 Å². The van der Waals surface area contributed by atoms with Crippen LogP contribution in [-0.2, 0) is 25.5 Å². The smallest absolute Gasteiger partial charge is 0.312 e. The SMILES string of the molecule is CC(C)CC1OC(=O)[C@H](C)[C@H](O)[C@H](Cc2ccccc2)NC(=O)[C@@H](NC(=O)c2ccccc2O)[C@@H](C)NC1=O. The highest BCUT2D eigenvalue weighted by Gasteiger charge is 2.39. The van der Waals surface area contributed by atoms with E-state index in [1.807, 2.05) is 44.2 Å². The molecule has 0 aromatic heterocycles. The van der Waals surface area contributed by atoms with Crippen molar-refractivity contribution in [3.05, 3.63) is 65.7 Å². The van der Waals surface area contributed by atoms with Crippen LogP contribution in [0.2, 0.25) is 0 Å². The Morgan fingerprint density at radius 2 is 1.62 bits per heavy atom. The predicted octanol–water partition coefficient (Wildman–Crippen LogP) is 1.69. The molecule has 6 atom stereocenters. The number of esters is 1. The van der Waals surface area contributed by atoms with Crippen LogP contribution in [0.15, 0.2) is 54.6 Å². The Morgan fingerprint density at radius 1 is 0.974 bits per heavy atom. The lowest BCUT2D eigenvalue weighted by molar-refractivity contribution is -0.164. The first kappa shape index (κ1) is 29.6. The number of benzene rings is 2. The van der Waals surface area contributed by atoms with Gasteiger partial charge in [0.25, 0.3) is 11.8 Å². The Labute approximate surface area is 228 Å². The number of nitrogens with one attached hydrogen (secondary N) is 3. The van der Waals surface area contributed by atoms with Crippen molar-refractivity contribution in [2.45, 2.75) is 70.9 Å². The molecule has 1 unspecified atom stereocenters. The van der Waals surface area contributed by atoms with Crippen LogP contribution in [0.4, 0.5) is 0 Å². The van der Waals surface area contributed by atoms with Gasteiger partial charge in [0.1, 0.15) is 11.8 Å². The third-order valence-electron chi connectivity index (χ3n) is 6.75. The van der Waals surface area contributed by atoms with E-state index in [0.29, 0.717) is 0 Å². The summed E-state index contributed by atoms with van der Waals surface area (Å²) < 4.78 is 5.56. The van der Waals surface area contributed by atoms with E-state index in [-0.39, 0.29) is 30.1 Å². The van der Waals surface area contributed by atoms with Gasteiger partial charge < -0.3 is 30.9 Å². The summed E-state index contributed by atoms with van der Waals surface area (Å²) in [6.07, 6.45) is -2.09. The minimum Gasteiger partial charge on any atom is -0.507 e. The molecule has 5 N–H and O–H groups in total. The van der Waals surface area contributed by atoms with Gasteiger partial charge >= 0.3 is 5.97 Å². The minimum atomic E-state index is -1.35. The van der Waals surface area contributed by atoms with Crippen molar-refractivity contribution in [2.24, 2.45) is 11.8 Å². The first-order valence-corrected chi connectivity index (χ1v) is 13.1. The summed E-state index contributed by atoms with van der Waals surface area (Å²) in [5, 5.41) is 29.4. The summed E-state index contributed by atoms with van der Waals surface area (Å²) in [5.41, 5.74) is 0.763. The Balaban J connectivity index is 1.99. The summed E-state index contributed by atoms with van der Waals surface area (Å²) in [6, 6.07) is 11.9. The monoisotopic (exact) mass is 539 g/mol. The highest BCUT2D eigenvalue weighted by molar-refractivity contribution is 6.00. The molecule has 0 radical (unpaired) electrons. The van der Waals surface area contributed by atoms with E-state index in [1.165, 1.54) is 19.1 Å². The van der Waals surface area contributed by atoms with E-state index in [1.54, 1.807) is 19.1 Å². The molecule has 2 aromatic carbocycles. The van der Waals surface area contributed by atoms with E-state index in [4.69, 9.17) is 4.74 Å². The lowest BCUT2D eigenvalue weighted by atomic mass is 9.92. The molecule has 1 saturated heterocycles. The second-order valence-corrected chi connectivity index (χ2v) is 10.4. The number of ether oxygens (including phenoxy) is 1. The summed E-state index contributed by atoms with van der Waals surface area (Å²) in [6.45, 7) is 6.77. The molecule has 0 spiro atoms. The largest absolute Gasteiger partial charge is 0.507 e. The highest BCUT2D eigenvalue weighted by Crippen LogP contribution is 2.20. The van der Waals surface area contributed by atoms with Crippen LogP contribution in [0.25, 0.3) is 0 Å². The molecule has 210 valence electrons. The first-order chi connectivity index (χ1) is 18.5. The van der Waals surface area contributed by atoms with Crippen molar-refractivity contribution in [2.75, 3.05) is 0 Å². The zero-order chi connectivity index (χ0) is 28.7. The number of rotatable bonds is 6. The number of hydrogen-bond acceptors (Lipinski definition) is 7. The van der Waals surface area contributed by atoms with Crippen molar-refractivity contribution < 1.29 is 34.1 Å². The molecule has 0 bridgehead atoms. The predicted molar refractivity (Wildman–Crippen MR) is 144 cm³/mol. The van der Waals surface area contributed by atoms with E-state index in [2.05, 4.69) is 16.0 Å². The molecule has 0 saturated carbocycles. The Morgan fingerprint density at radius 3 is 2.26 bits per heavy atom. The van der Waals surface area contributed by atoms with Gasteiger partial charge in [0, 0.05) is 0 Å². The van der Waals surface area contributed by atoms with E-state index < -0.39 is 59.9 Å². The maximum absolute atomic E-state index is 13.6. The first-order valence-electron chi connectivity index (χ1n) is 13.1. The van der Waals surface area contributed by atoms with Gasteiger partial charge in [-0.05, 0) is 50.3 Å². The molecule has 1 fully saturated rings. The number of phenols is 1. The topological polar surface area (TPSA) is 154 Å². The van der Waals surface area contributed by atoms with Gasteiger partial charge in [-0.25, -0.2) is 0 Å². The fourth-order valence-corrected chi connectivity index (χ4v) is 4.47. The Bertz CT molecular complexity index is 1170. The van der Waals surface area contributed by atoms with Crippen LogP contribution in [0.5, 0.6) is 5.75 Å². The number of para-hydroxylation sites is 1. The number of amides is 3. The number of carbonyl (C=O) groups excluding carboxylic acids is 4. The third-order valence-corrected chi connectivity index (χ3v) is 6.75. The molecule has 10 nitrogen and oxygen atoms in total. The minimum absolute atomic E-state index is 0.00248. The summed E-state index contributed by atoms with van der Waals surface area (Å²) in [7, 11) is 0. The van der Waals surface area contributed by atoms with Crippen molar-refractivity contribution in [1.29, 1.82) is 0 Å². The quantitative estimate of drug-likeness (QED) is 0.350. The molecule has 1 aliphatic rings. The molecule has 3 rings (SSSR count). The molecule has 1 heterocycles. The molecule has 39 heavy (non-hydrogen) atoms. The average molecular weight is 540 g/mol. The zero-order valence-corrected chi connectivity index (χ0v) is 22.6. The lowest BCUT2D eigenvalue weighted by Crippen LogP contribution is -2.62. The van der Waals surface area contributed by atoms with Gasteiger partial charge in [-0.15, -0.1) is 0 Å². The summed E-state index contributed by atoms with van der Waals surface area (Å²) in [4.78, 5) is 52.8. The average Bonchev–Trinajstić information content (AvgIpc) is 2.89. The number of hydrogen-bond donors (Lipinski definition) is 5. The highest BCUT2D eigenvalue weighted by atomic mass is 16.5. The Hall–Kier alpha value is -3.92. The molecule has 10 heteroatoms. The Kier molecular flexibility index (Phi) is 10.1. The fraction of sp³-hybridized carbons (Fsp3) is 0.448. The zero-order valence-electron chi connectivity index (χ0n) is 22.6. The van der Waals surface area contributed by atoms with Crippen LogP contribution >= 0.6 is 0 Å². The molecule has 0 aliphatic carbocycles. The maximum atomic E-state index is 13.6. The number of aliphatic hydroxyl groups is 1. The van der Waals surface area contributed by atoms with Gasteiger partial charge in [0.15, 0.2) is 6.10 Å². The number of phenolic OH excluding ortho intramolecular Hbond substituents is 1. The van der Waals surface area contributed by atoms with Crippen molar-refractivity contribution >= 4 is 23.7 Å². The normalized spacial score (nSPS) is 26.5. The van der Waals surface area contributed by atoms with Gasteiger partial charge in [-0.2, -0.15) is 0 Å². The fourth-order valence-electron chi connectivity index (χ4n) is 4.47. The summed E-state index contributed by atoms with van der Waals surface area (Å²) >= 11 is 0. The van der Waals surface area contributed by atoms with Gasteiger partial charge in [-0.3, -0.25) is 19.2 Å². The number of aromatic hydroxyl groups is 1. The number of carbonyl (C=O) groups is 4. The van der Waals surface area contributed by atoms with Crippen molar-refractivity contribution in [1.82, 2.24) is 16.0 Å². The standard InChI is InChI=1S/C29H37N3O7/c1-16(2)14-23-27(36)30-18(4)24(32-26(35)20-12-8-9-13-22(20)33)28(37)31-21(15-19-10-6-5-7-11-19)25(34)17(3)29(38)39-23/h5-13,16-18,21,23-25,33-34H,14-15H2,1-4H3,(H,30,36)(H,31,37)(H,32,35)/t17-,18-,21+,23?,24+,25+/m1/s1. The maximum Gasteiger partial charge on any atom is 0.312 e. The second-order valence-electron chi connectivity index (χ2n) is 10.4. The number of cyclic esters (lactones) is 1. The molecule has 1 aliphatic heterocycles. The van der Waals surface area contributed by atoms with Crippen LogP contribution < -0.4 is 16.0 Å². The van der Waals surface area contributed by atoms with Gasteiger partial charge in [-0.1, -0.05) is 56.3 Å². The van der Waals surface area contributed by atoms with E-state index in [9.17, 15) is 29.4 Å². The van der Waals surface area contributed by atoms with E-state index >= 15 is 0 Å². The van der Waals surface area contributed by atoms with Crippen LogP contribution in [-0.4, -0.2) is 64.2 Å². The van der Waals surface area contributed by atoms with Crippen molar-refractivity contribution in [3.63, 3.8) is 0 Å².